The van der Waals surface area contributed by atoms with Gasteiger partial charge in [0.25, 0.3) is 5.91 Å². The van der Waals surface area contributed by atoms with Crippen LogP contribution < -0.4 is 10.6 Å². The highest BCUT2D eigenvalue weighted by atomic mass is 19.1. The summed E-state index contributed by atoms with van der Waals surface area (Å²) in [6, 6.07) is 4.09. The number of likely N-dealkylation sites (tertiary alicyclic amines) is 2. The fourth-order valence-electron chi connectivity index (χ4n) is 3.66. The molecule has 6 nitrogen and oxygen atoms in total. The maximum Gasteiger partial charge on any atom is 0.322 e. The molecule has 0 spiro atoms. The number of nitrogens with zero attached hydrogens (tertiary/aromatic N) is 2. The average Bonchev–Trinajstić information content (AvgIpc) is 3.28. The molecule has 1 aromatic carbocycles. The molecule has 3 amide bonds. The van der Waals surface area contributed by atoms with Crippen molar-refractivity contribution in [2.75, 3.05) is 38.5 Å². The number of halogens is 1. The van der Waals surface area contributed by atoms with E-state index in [9.17, 15) is 14.0 Å². The van der Waals surface area contributed by atoms with Crippen molar-refractivity contribution in [2.24, 2.45) is 0 Å². The van der Waals surface area contributed by atoms with Crippen LogP contribution in [0.5, 0.6) is 0 Å². The summed E-state index contributed by atoms with van der Waals surface area (Å²) in [6.45, 7) is 3.87. The van der Waals surface area contributed by atoms with Crippen LogP contribution in [0.2, 0.25) is 0 Å². The second kappa shape index (κ2) is 7.82. The summed E-state index contributed by atoms with van der Waals surface area (Å²) in [6.07, 6.45) is 4.48. The largest absolute Gasteiger partial charge is 0.355 e. The highest BCUT2D eigenvalue weighted by Gasteiger charge is 2.31. The van der Waals surface area contributed by atoms with E-state index in [1.807, 2.05) is 4.90 Å². The third-order valence-electron chi connectivity index (χ3n) is 4.99. The summed E-state index contributed by atoms with van der Waals surface area (Å²) in [5.41, 5.74) is 0.354. The molecule has 7 heteroatoms. The Kier molecular flexibility index (Phi) is 5.53. The van der Waals surface area contributed by atoms with E-state index in [0.29, 0.717) is 5.69 Å². The van der Waals surface area contributed by atoms with Crippen molar-refractivity contribution in [1.29, 1.82) is 0 Å². The van der Waals surface area contributed by atoms with Gasteiger partial charge in [-0.05, 0) is 57.0 Å². The molecule has 1 atom stereocenters. The van der Waals surface area contributed by atoms with Crippen LogP contribution in [0.15, 0.2) is 18.2 Å². The fraction of sp³-hybridized carbons (Fsp3) is 0.556. The van der Waals surface area contributed by atoms with Crippen molar-refractivity contribution < 1.29 is 14.0 Å². The minimum atomic E-state index is -0.606. The molecule has 0 saturated carbocycles. The Bertz CT molecular complexity index is 646. The van der Waals surface area contributed by atoms with Gasteiger partial charge in [-0.3, -0.25) is 4.79 Å². The molecular formula is C18H25FN4O2. The second-order valence-corrected chi connectivity index (χ2v) is 6.70. The Labute approximate surface area is 147 Å². The summed E-state index contributed by atoms with van der Waals surface area (Å²) >= 11 is 0. The molecule has 2 saturated heterocycles. The molecule has 2 N–H and O–H groups in total. The number of amides is 3. The van der Waals surface area contributed by atoms with E-state index in [1.165, 1.54) is 38.1 Å². The number of hydrogen-bond acceptors (Lipinski definition) is 3. The van der Waals surface area contributed by atoms with Gasteiger partial charge in [-0.25, -0.2) is 9.18 Å². The van der Waals surface area contributed by atoms with Gasteiger partial charge in [0.1, 0.15) is 5.82 Å². The zero-order valence-corrected chi connectivity index (χ0v) is 14.6. The molecule has 2 aliphatic rings. The summed E-state index contributed by atoms with van der Waals surface area (Å²) in [5.74, 6) is -1.12. The number of carbonyl (C=O) groups excluding carboxylic acids is 2. The van der Waals surface area contributed by atoms with Crippen LogP contribution >= 0.6 is 0 Å². The average molecular weight is 348 g/mol. The lowest BCUT2D eigenvalue weighted by Gasteiger charge is -2.28. The van der Waals surface area contributed by atoms with Gasteiger partial charge < -0.3 is 20.4 Å². The van der Waals surface area contributed by atoms with Crippen molar-refractivity contribution in [3.05, 3.63) is 29.6 Å². The van der Waals surface area contributed by atoms with Crippen molar-refractivity contribution in [1.82, 2.24) is 15.1 Å². The molecule has 0 radical (unpaired) electrons. The van der Waals surface area contributed by atoms with E-state index in [4.69, 9.17) is 0 Å². The quantitative estimate of drug-likeness (QED) is 0.877. The standard InChI is InChI=1S/C18H25FN4O2/c1-20-17(24)15-11-13(6-7-16(15)19)21-18(25)23-10-4-5-14(23)12-22-8-2-3-9-22/h6-7,11,14H,2-5,8-10,12H2,1H3,(H,20,24)(H,21,25)/t14-/m0/s1. The van der Waals surface area contributed by atoms with Crippen molar-refractivity contribution >= 4 is 17.6 Å². The van der Waals surface area contributed by atoms with Gasteiger partial charge in [-0.15, -0.1) is 0 Å². The Balaban J connectivity index is 1.65. The lowest BCUT2D eigenvalue weighted by Crippen LogP contribution is -2.44. The third kappa shape index (κ3) is 4.10. The third-order valence-corrected chi connectivity index (χ3v) is 4.99. The number of urea groups is 1. The maximum absolute atomic E-state index is 13.7. The number of benzene rings is 1. The number of anilines is 1. The van der Waals surface area contributed by atoms with Crippen LogP contribution in [0, 0.1) is 5.82 Å². The van der Waals surface area contributed by atoms with E-state index in [0.717, 1.165) is 39.0 Å². The van der Waals surface area contributed by atoms with Gasteiger partial charge in [0.05, 0.1) is 5.56 Å². The number of carbonyl (C=O) groups is 2. The first-order valence-corrected chi connectivity index (χ1v) is 8.90. The van der Waals surface area contributed by atoms with Gasteiger partial charge >= 0.3 is 6.03 Å². The molecular weight excluding hydrogens is 323 g/mol. The number of rotatable bonds is 4. The van der Waals surface area contributed by atoms with E-state index in [-0.39, 0.29) is 17.6 Å². The van der Waals surface area contributed by atoms with Gasteiger partial charge in [0.15, 0.2) is 0 Å². The minimum Gasteiger partial charge on any atom is -0.355 e. The van der Waals surface area contributed by atoms with E-state index >= 15 is 0 Å². The summed E-state index contributed by atoms with van der Waals surface area (Å²) in [4.78, 5) is 28.6. The predicted octanol–water partition coefficient (Wildman–Crippen LogP) is 2.28. The summed E-state index contributed by atoms with van der Waals surface area (Å²) in [7, 11) is 1.44. The van der Waals surface area contributed by atoms with Crippen LogP contribution in [0.25, 0.3) is 0 Å². The topological polar surface area (TPSA) is 64.7 Å². The minimum absolute atomic E-state index is 0.0738. The zero-order valence-electron chi connectivity index (χ0n) is 14.6. The molecule has 0 aromatic heterocycles. The summed E-state index contributed by atoms with van der Waals surface area (Å²) < 4.78 is 13.7. The molecule has 0 unspecified atom stereocenters. The first-order chi connectivity index (χ1) is 12.1. The normalized spacial score (nSPS) is 20.7. The molecule has 25 heavy (non-hydrogen) atoms. The second-order valence-electron chi connectivity index (χ2n) is 6.70. The van der Waals surface area contributed by atoms with Gasteiger partial charge in [0, 0.05) is 31.9 Å². The highest BCUT2D eigenvalue weighted by molar-refractivity contribution is 5.97. The van der Waals surface area contributed by atoms with Gasteiger partial charge in [-0.1, -0.05) is 0 Å². The Hall–Kier alpha value is -2.15. The lowest BCUT2D eigenvalue weighted by atomic mass is 10.1. The molecule has 0 bridgehead atoms. The van der Waals surface area contributed by atoms with Crippen molar-refractivity contribution in [3.63, 3.8) is 0 Å². The van der Waals surface area contributed by atoms with Crippen molar-refractivity contribution in [2.45, 2.75) is 31.7 Å². The van der Waals surface area contributed by atoms with Crippen LogP contribution in [-0.4, -0.2) is 61.0 Å². The number of hydrogen-bond donors (Lipinski definition) is 2. The molecule has 136 valence electrons. The SMILES string of the molecule is CNC(=O)c1cc(NC(=O)N2CCC[C@H]2CN2CCCC2)ccc1F. The molecule has 2 aliphatic heterocycles. The van der Waals surface area contributed by atoms with E-state index < -0.39 is 11.7 Å². The Morgan fingerprint density at radius 2 is 1.96 bits per heavy atom. The van der Waals surface area contributed by atoms with Crippen LogP contribution in [0.4, 0.5) is 14.9 Å². The summed E-state index contributed by atoms with van der Waals surface area (Å²) in [5, 5.41) is 5.20. The molecule has 0 aliphatic carbocycles. The predicted molar refractivity (Wildman–Crippen MR) is 94.2 cm³/mol. The zero-order chi connectivity index (χ0) is 17.8. The number of nitrogens with one attached hydrogen (secondary N) is 2. The smallest absolute Gasteiger partial charge is 0.322 e. The lowest BCUT2D eigenvalue weighted by molar-refractivity contribution is 0.0959. The molecule has 3 rings (SSSR count). The highest BCUT2D eigenvalue weighted by Crippen LogP contribution is 2.22. The molecule has 2 fully saturated rings. The van der Waals surface area contributed by atoms with Gasteiger partial charge in [-0.2, -0.15) is 0 Å². The van der Waals surface area contributed by atoms with Crippen molar-refractivity contribution in [3.8, 4) is 0 Å². The van der Waals surface area contributed by atoms with E-state index in [1.54, 1.807) is 0 Å². The van der Waals surface area contributed by atoms with Crippen LogP contribution in [-0.2, 0) is 0 Å². The van der Waals surface area contributed by atoms with E-state index in [2.05, 4.69) is 15.5 Å². The monoisotopic (exact) mass is 348 g/mol. The van der Waals surface area contributed by atoms with Crippen LogP contribution in [0.1, 0.15) is 36.0 Å². The first kappa shape index (κ1) is 17.7. The van der Waals surface area contributed by atoms with Gasteiger partial charge in [0.2, 0.25) is 0 Å². The molecule has 1 aromatic rings. The Morgan fingerprint density at radius 3 is 2.68 bits per heavy atom. The van der Waals surface area contributed by atoms with Crippen LogP contribution in [0.3, 0.4) is 0 Å². The maximum atomic E-state index is 13.7. The fourth-order valence-corrected chi connectivity index (χ4v) is 3.66. The molecule has 2 heterocycles. The Morgan fingerprint density at radius 1 is 1.20 bits per heavy atom. The first-order valence-electron chi connectivity index (χ1n) is 8.90.